The molecule has 0 aliphatic heterocycles. The Morgan fingerprint density at radius 2 is 0.974 bits per heavy atom. The van der Waals surface area contributed by atoms with E-state index in [1.807, 2.05) is 12.1 Å². The number of nitrogen functional groups attached to an aromatic ring is 2. The van der Waals surface area contributed by atoms with Crippen LogP contribution in [0.25, 0.3) is 0 Å². The van der Waals surface area contributed by atoms with Crippen molar-refractivity contribution in [1.29, 1.82) is 0 Å². The molecule has 0 bridgehead atoms. The maximum absolute atomic E-state index is 12.4. The summed E-state index contributed by atoms with van der Waals surface area (Å²) in [6.45, 7) is 0.591. The van der Waals surface area contributed by atoms with Crippen molar-refractivity contribution in [2.24, 2.45) is 0 Å². The first-order valence-corrected chi connectivity index (χ1v) is 11.5. The second-order valence-electron chi connectivity index (χ2n) is 8.55. The molecule has 0 radical (unpaired) electrons. The monoisotopic (exact) mass is 506 g/mol. The predicted molar refractivity (Wildman–Crippen MR) is 145 cm³/mol. The second kappa shape index (κ2) is 12.6. The molecule has 0 atom stereocenters. The van der Waals surface area contributed by atoms with Crippen LogP contribution in [-0.2, 0) is 22.7 Å². The van der Waals surface area contributed by atoms with E-state index in [0.717, 1.165) is 11.1 Å². The standard InChI is InChI=1S/C30H26N4O4/c1-33(19-21-5-3-7-25(31)17-21)29(37)15-13-27(35)23-9-11-24(12-10-23)28(36)14-16-30(38)34(2)20-22-6-4-8-26(32)18-22/h3-12,17-18H,19-20,31-32H2,1-2H3. The van der Waals surface area contributed by atoms with Crippen molar-refractivity contribution in [1.82, 2.24) is 9.80 Å². The van der Waals surface area contributed by atoms with Crippen LogP contribution in [0.15, 0.2) is 72.8 Å². The molecule has 0 aliphatic carbocycles. The molecule has 3 aromatic rings. The Labute approximate surface area is 221 Å². The zero-order chi connectivity index (χ0) is 27.7. The van der Waals surface area contributed by atoms with E-state index in [4.69, 9.17) is 11.5 Å². The van der Waals surface area contributed by atoms with Crippen molar-refractivity contribution in [3.05, 3.63) is 95.1 Å². The van der Waals surface area contributed by atoms with Crippen LogP contribution in [0.1, 0.15) is 31.8 Å². The van der Waals surface area contributed by atoms with E-state index in [-0.39, 0.29) is 11.1 Å². The summed E-state index contributed by atoms with van der Waals surface area (Å²) in [5.74, 6) is 7.14. The molecule has 0 heterocycles. The first-order valence-electron chi connectivity index (χ1n) is 11.5. The second-order valence-corrected chi connectivity index (χ2v) is 8.55. The van der Waals surface area contributed by atoms with E-state index < -0.39 is 23.4 Å². The number of carbonyl (C=O) groups excluding carboxylic acids is 4. The summed E-state index contributed by atoms with van der Waals surface area (Å²) in [7, 11) is 3.15. The minimum absolute atomic E-state index is 0.214. The number of anilines is 2. The molecular formula is C30H26N4O4. The molecule has 0 aromatic heterocycles. The van der Waals surface area contributed by atoms with Crippen LogP contribution in [0.3, 0.4) is 0 Å². The van der Waals surface area contributed by atoms with Gasteiger partial charge in [-0.15, -0.1) is 0 Å². The van der Waals surface area contributed by atoms with Gasteiger partial charge >= 0.3 is 0 Å². The van der Waals surface area contributed by atoms with Crippen molar-refractivity contribution in [3.63, 3.8) is 0 Å². The van der Waals surface area contributed by atoms with Gasteiger partial charge in [-0.2, -0.15) is 0 Å². The highest BCUT2D eigenvalue weighted by molar-refractivity contribution is 6.14. The SMILES string of the molecule is CN(Cc1cccc(N)c1)C(=O)C#CC(=O)c1ccc(C(=O)C#CC(=O)N(C)Cc2cccc(N)c2)cc1. The van der Waals surface area contributed by atoms with Gasteiger partial charge in [-0.1, -0.05) is 24.3 Å². The van der Waals surface area contributed by atoms with Crippen molar-refractivity contribution in [3.8, 4) is 23.7 Å². The van der Waals surface area contributed by atoms with Gasteiger partial charge in [0.1, 0.15) is 0 Å². The largest absolute Gasteiger partial charge is 0.399 e. The van der Waals surface area contributed by atoms with E-state index in [1.165, 1.54) is 34.1 Å². The highest BCUT2D eigenvalue weighted by Gasteiger charge is 2.10. The Morgan fingerprint density at radius 1 is 0.605 bits per heavy atom. The number of hydrogen-bond donors (Lipinski definition) is 2. The Hall–Kier alpha value is -5.34. The van der Waals surface area contributed by atoms with Gasteiger partial charge in [-0.3, -0.25) is 19.2 Å². The van der Waals surface area contributed by atoms with Crippen LogP contribution in [0, 0.1) is 23.7 Å². The molecule has 3 rings (SSSR count). The van der Waals surface area contributed by atoms with Gasteiger partial charge in [0, 0.05) is 61.5 Å². The van der Waals surface area contributed by atoms with Crippen LogP contribution >= 0.6 is 0 Å². The summed E-state index contributed by atoms with van der Waals surface area (Å²) < 4.78 is 0. The topological polar surface area (TPSA) is 127 Å². The van der Waals surface area contributed by atoms with Crippen molar-refractivity contribution in [2.45, 2.75) is 13.1 Å². The van der Waals surface area contributed by atoms with Gasteiger partial charge in [-0.25, -0.2) is 0 Å². The molecule has 0 aliphatic rings. The van der Waals surface area contributed by atoms with Crippen LogP contribution in [-0.4, -0.2) is 47.3 Å². The summed E-state index contributed by atoms with van der Waals surface area (Å²) in [4.78, 5) is 52.1. The van der Waals surface area contributed by atoms with Crippen LogP contribution in [0.5, 0.6) is 0 Å². The van der Waals surface area contributed by atoms with E-state index in [2.05, 4.69) is 23.7 Å². The van der Waals surface area contributed by atoms with Crippen LogP contribution < -0.4 is 11.5 Å². The average molecular weight is 507 g/mol. The fraction of sp³-hybridized carbons (Fsp3) is 0.133. The Bertz CT molecular complexity index is 1390. The highest BCUT2D eigenvalue weighted by Crippen LogP contribution is 2.10. The summed E-state index contributed by atoms with van der Waals surface area (Å²) in [6, 6.07) is 19.9. The van der Waals surface area contributed by atoms with E-state index in [0.29, 0.717) is 24.5 Å². The molecule has 38 heavy (non-hydrogen) atoms. The molecule has 0 saturated heterocycles. The van der Waals surface area contributed by atoms with Gasteiger partial charge in [0.2, 0.25) is 11.6 Å². The Kier molecular flexibility index (Phi) is 9.01. The fourth-order valence-electron chi connectivity index (χ4n) is 3.40. The maximum Gasteiger partial charge on any atom is 0.298 e. The zero-order valence-corrected chi connectivity index (χ0v) is 21.0. The molecule has 8 heteroatoms. The predicted octanol–water partition coefficient (Wildman–Crippen LogP) is 2.54. The van der Waals surface area contributed by atoms with Gasteiger partial charge < -0.3 is 21.3 Å². The summed E-state index contributed by atoms with van der Waals surface area (Å²) in [5.41, 5.74) is 14.8. The maximum atomic E-state index is 12.4. The molecule has 2 amide bonds. The Balaban J connectivity index is 1.57. The van der Waals surface area contributed by atoms with Gasteiger partial charge in [0.05, 0.1) is 0 Å². The van der Waals surface area contributed by atoms with E-state index >= 15 is 0 Å². The third-order valence-electron chi connectivity index (χ3n) is 5.41. The number of rotatable bonds is 6. The first-order chi connectivity index (χ1) is 18.1. The van der Waals surface area contributed by atoms with E-state index in [9.17, 15) is 19.2 Å². The zero-order valence-electron chi connectivity index (χ0n) is 21.0. The number of Topliss-reactive ketones (excluding diaryl/α,β-unsaturated/α-hetero) is 2. The lowest BCUT2D eigenvalue weighted by Crippen LogP contribution is -2.24. The number of nitrogens with zero attached hydrogens (tertiary/aromatic N) is 2. The average Bonchev–Trinajstić information content (AvgIpc) is 2.90. The lowest BCUT2D eigenvalue weighted by Gasteiger charge is -2.14. The number of nitrogens with two attached hydrogens (primary N) is 2. The summed E-state index contributed by atoms with van der Waals surface area (Å²) in [6.07, 6.45) is 0. The number of amides is 2. The lowest BCUT2D eigenvalue weighted by atomic mass is 10.1. The molecule has 0 saturated carbocycles. The lowest BCUT2D eigenvalue weighted by molar-refractivity contribution is -0.125. The number of ketones is 2. The number of carbonyl (C=O) groups is 4. The quantitative estimate of drug-likeness (QED) is 0.229. The third-order valence-corrected chi connectivity index (χ3v) is 5.41. The van der Waals surface area contributed by atoms with Gasteiger partial charge in [0.25, 0.3) is 11.8 Å². The van der Waals surface area contributed by atoms with Crippen molar-refractivity contribution < 1.29 is 19.2 Å². The molecule has 4 N–H and O–H groups in total. The minimum atomic E-state index is -0.570. The normalized spacial score (nSPS) is 9.74. The summed E-state index contributed by atoms with van der Waals surface area (Å²) >= 11 is 0. The van der Waals surface area contributed by atoms with Gasteiger partial charge in [0.15, 0.2) is 0 Å². The molecule has 0 fully saturated rings. The molecule has 190 valence electrons. The first kappa shape index (κ1) is 27.3. The Morgan fingerprint density at radius 3 is 1.32 bits per heavy atom. The molecular weight excluding hydrogens is 480 g/mol. The molecule has 8 nitrogen and oxygen atoms in total. The summed E-state index contributed by atoms with van der Waals surface area (Å²) in [5, 5.41) is 0. The third kappa shape index (κ3) is 7.84. The molecule has 0 unspecified atom stereocenters. The fourth-order valence-corrected chi connectivity index (χ4v) is 3.40. The number of benzene rings is 3. The van der Waals surface area contributed by atoms with Crippen molar-refractivity contribution >= 4 is 34.8 Å². The van der Waals surface area contributed by atoms with E-state index in [1.54, 1.807) is 50.5 Å². The van der Waals surface area contributed by atoms with Crippen molar-refractivity contribution in [2.75, 3.05) is 25.6 Å². The van der Waals surface area contributed by atoms with Crippen LogP contribution in [0.4, 0.5) is 11.4 Å². The molecule has 0 spiro atoms. The smallest absolute Gasteiger partial charge is 0.298 e. The number of hydrogen-bond acceptors (Lipinski definition) is 6. The van der Waals surface area contributed by atoms with Crippen LogP contribution in [0.2, 0.25) is 0 Å². The van der Waals surface area contributed by atoms with Gasteiger partial charge in [-0.05, 0) is 71.5 Å². The minimum Gasteiger partial charge on any atom is -0.399 e. The molecule has 3 aromatic carbocycles. The highest BCUT2D eigenvalue weighted by atomic mass is 16.2.